The first-order chi connectivity index (χ1) is 10.2. The fraction of sp³-hybridized carbons (Fsp3) is 0.462. The predicted octanol–water partition coefficient (Wildman–Crippen LogP) is 0.465. The molecule has 2 rings (SSSR count). The van der Waals surface area contributed by atoms with Crippen molar-refractivity contribution in [3.63, 3.8) is 0 Å². The third-order valence-corrected chi connectivity index (χ3v) is 2.71. The summed E-state index contributed by atoms with van der Waals surface area (Å²) in [6.45, 7) is 3.75. The fourth-order valence-corrected chi connectivity index (χ4v) is 1.80. The van der Waals surface area contributed by atoms with Gasteiger partial charge in [0.15, 0.2) is 11.5 Å². The monoisotopic (exact) mass is 292 g/mol. The van der Waals surface area contributed by atoms with Gasteiger partial charge in [-0.2, -0.15) is 0 Å². The van der Waals surface area contributed by atoms with Gasteiger partial charge in [0.05, 0.1) is 12.8 Å². The molecule has 0 saturated heterocycles. The summed E-state index contributed by atoms with van der Waals surface area (Å²) in [5, 5.41) is 6.39. The van der Waals surface area contributed by atoms with E-state index in [0.717, 1.165) is 24.4 Å². The second-order valence-corrected chi connectivity index (χ2v) is 4.51. The van der Waals surface area contributed by atoms with Gasteiger partial charge in [0.25, 0.3) is 0 Å². The van der Waals surface area contributed by atoms with Crippen LogP contribution < -0.4 is 16.4 Å². The van der Waals surface area contributed by atoms with E-state index in [0.29, 0.717) is 19.0 Å². The summed E-state index contributed by atoms with van der Waals surface area (Å²) in [6.07, 6.45) is 6.50. The third-order valence-electron chi connectivity index (χ3n) is 2.71. The van der Waals surface area contributed by atoms with E-state index in [9.17, 15) is 4.79 Å². The van der Waals surface area contributed by atoms with Gasteiger partial charge in [-0.3, -0.25) is 4.79 Å². The smallest absolute Gasteiger partial charge is 0.243 e. The van der Waals surface area contributed by atoms with Crippen LogP contribution in [-0.4, -0.2) is 46.6 Å². The molecule has 8 heteroatoms. The highest BCUT2D eigenvalue weighted by Gasteiger charge is 2.07. The molecule has 0 aliphatic rings. The van der Waals surface area contributed by atoms with Gasteiger partial charge < -0.3 is 25.5 Å². The lowest BCUT2D eigenvalue weighted by Gasteiger charge is -2.10. The molecule has 0 atom stereocenters. The molecule has 2 heterocycles. The number of nitrogens with zero attached hydrogens (tertiary/aromatic N) is 3. The van der Waals surface area contributed by atoms with E-state index in [4.69, 9.17) is 10.5 Å². The van der Waals surface area contributed by atoms with Gasteiger partial charge in [-0.05, 0) is 6.42 Å². The van der Waals surface area contributed by atoms with Gasteiger partial charge in [-0.25, -0.2) is 9.97 Å². The zero-order valence-corrected chi connectivity index (χ0v) is 12.0. The van der Waals surface area contributed by atoms with Gasteiger partial charge in [-0.1, -0.05) is 6.92 Å². The average molecular weight is 292 g/mol. The Balaban J connectivity index is 1.99. The largest absolute Gasteiger partial charge is 0.370 e. The zero-order chi connectivity index (χ0) is 15.1. The van der Waals surface area contributed by atoms with Crippen molar-refractivity contribution in [2.75, 3.05) is 36.9 Å². The number of carbonyl (C=O) groups is 1. The summed E-state index contributed by atoms with van der Waals surface area (Å²) in [6, 6.07) is 0. The first-order valence-corrected chi connectivity index (χ1v) is 6.88. The van der Waals surface area contributed by atoms with Crippen molar-refractivity contribution in [2.45, 2.75) is 13.3 Å². The van der Waals surface area contributed by atoms with Gasteiger partial charge in [0.2, 0.25) is 5.91 Å². The van der Waals surface area contributed by atoms with Crippen LogP contribution >= 0.6 is 0 Å². The van der Waals surface area contributed by atoms with E-state index >= 15 is 0 Å². The predicted molar refractivity (Wildman–Crippen MR) is 80.3 cm³/mol. The average Bonchev–Trinajstić information content (AvgIpc) is 2.92. The Kier molecular flexibility index (Phi) is 5.33. The lowest BCUT2D eigenvalue weighted by molar-refractivity contribution is -0.122. The van der Waals surface area contributed by atoms with Crippen molar-refractivity contribution in [3.05, 3.63) is 18.6 Å². The van der Waals surface area contributed by atoms with E-state index in [-0.39, 0.29) is 6.61 Å². The molecular weight excluding hydrogens is 272 g/mol. The van der Waals surface area contributed by atoms with Gasteiger partial charge in [0.1, 0.15) is 12.4 Å². The molecule has 0 radical (unpaired) electrons. The van der Waals surface area contributed by atoms with E-state index in [1.54, 1.807) is 6.20 Å². The van der Waals surface area contributed by atoms with E-state index in [1.807, 2.05) is 16.8 Å². The summed E-state index contributed by atoms with van der Waals surface area (Å²) >= 11 is 0. The minimum Gasteiger partial charge on any atom is -0.370 e. The topological polar surface area (TPSA) is 107 Å². The van der Waals surface area contributed by atoms with Gasteiger partial charge in [0, 0.05) is 25.5 Å². The molecule has 0 aliphatic heterocycles. The maximum Gasteiger partial charge on any atom is 0.243 e. The molecule has 0 aromatic carbocycles. The normalized spacial score (nSPS) is 10.7. The number of rotatable bonds is 9. The van der Waals surface area contributed by atoms with Crippen molar-refractivity contribution in [1.82, 2.24) is 14.4 Å². The second-order valence-electron chi connectivity index (χ2n) is 4.51. The Labute approximate surface area is 122 Å². The highest BCUT2D eigenvalue weighted by atomic mass is 16.5. The number of primary amides is 1. The Morgan fingerprint density at radius 2 is 2.29 bits per heavy atom. The number of hydrogen-bond acceptors (Lipinski definition) is 6. The van der Waals surface area contributed by atoms with E-state index in [1.165, 1.54) is 0 Å². The second kappa shape index (κ2) is 7.44. The van der Waals surface area contributed by atoms with Crippen molar-refractivity contribution >= 4 is 23.2 Å². The van der Waals surface area contributed by atoms with E-state index < -0.39 is 5.91 Å². The Hall–Kier alpha value is -2.35. The standard InChI is InChI=1S/C13H20N6O2/c1-2-3-15-11-8-19-6-4-17-13(19)12(18-11)16-5-7-21-9-10(14)20/h4,6,8,15H,2-3,5,7,9H2,1H3,(H2,14,20)(H,16,18). The number of imidazole rings is 1. The molecule has 0 fully saturated rings. The first-order valence-electron chi connectivity index (χ1n) is 6.88. The lowest BCUT2D eigenvalue weighted by Crippen LogP contribution is -2.21. The molecule has 0 spiro atoms. The summed E-state index contributed by atoms with van der Waals surface area (Å²) < 4.78 is 7.00. The van der Waals surface area contributed by atoms with Crippen molar-refractivity contribution < 1.29 is 9.53 Å². The fourth-order valence-electron chi connectivity index (χ4n) is 1.80. The van der Waals surface area contributed by atoms with Gasteiger partial charge >= 0.3 is 0 Å². The quantitative estimate of drug-likeness (QED) is 0.580. The Bertz CT molecular complexity index is 597. The zero-order valence-electron chi connectivity index (χ0n) is 12.0. The van der Waals surface area contributed by atoms with E-state index in [2.05, 4.69) is 27.5 Å². The minimum absolute atomic E-state index is 0.0774. The van der Waals surface area contributed by atoms with Crippen LogP contribution in [0.4, 0.5) is 11.6 Å². The van der Waals surface area contributed by atoms with Crippen LogP contribution in [0.5, 0.6) is 0 Å². The van der Waals surface area contributed by atoms with Gasteiger partial charge in [-0.15, -0.1) is 0 Å². The number of aromatic nitrogens is 3. The molecule has 21 heavy (non-hydrogen) atoms. The SMILES string of the molecule is CCCNc1cn2ccnc2c(NCCOCC(N)=O)n1. The van der Waals surface area contributed by atoms with Crippen molar-refractivity contribution in [2.24, 2.45) is 5.73 Å². The highest BCUT2D eigenvalue weighted by molar-refractivity contribution is 5.75. The lowest BCUT2D eigenvalue weighted by atomic mass is 10.4. The molecule has 4 N–H and O–H groups in total. The van der Waals surface area contributed by atoms with Crippen LogP contribution in [0.1, 0.15) is 13.3 Å². The number of nitrogens with one attached hydrogen (secondary N) is 2. The molecule has 0 bridgehead atoms. The summed E-state index contributed by atoms with van der Waals surface area (Å²) in [7, 11) is 0. The number of nitrogens with two attached hydrogens (primary N) is 1. The molecule has 1 amide bonds. The van der Waals surface area contributed by atoms with Crippen LogP contribution in [0, 0.1) is 0 Å². The number of carbonyl (C=O) groups excluding carboxylic acids is 1. The molecule has 0 unspecified atom stereocenters. The Morgan fingerprint density at radius 3 is 3.05 bits per heavy atom. The molecule has 8 nitrogen and oxygen atoms in total. The van der Waals surface area contributed by atoms with Crippen LogP contribution in [-0.2, 0) is 9.53 Å². The van der Waals surface area contributed by atoms with Crippen LogP contribution in [0.15, 0.2) is 18.6 Å². The maximum atomic E-state index is 10.6. The summed E-state index contributed by atoms with van der Waals surface area (Å²) in [5.74, 6) is 0.973. The molecule has 2 aromatic heterocycles. The summed E-state index contributed by atoms with van der Waals surface area (Å²) in [5.41, 5.74) is 5.74. The molecular formula is C13H20N6O2. The number of hydrogen-bond donors (Lipinski definition) is 3. The maximum absolute atomic E-state index is 10.6. The number of amides is 1. The minimum atomic E-state index is -0.477. The number of anilines is 2. The van der Waals surface area contributed by atoms with Crippen molar-refractivity contribution in [3.8, 4) is 0 Å². The molecule has 0 saturated carbocycles. The number of fused-ring (bicyclic) bond motifs is 1. The van der Waals surface area contributed by atoms with Crippen LogP contribution in [0.25, 0.3) is 5.65 Å². The summed E-state index contributed by atoms with van der Waals surface area (Å²) in [4.78, 5) is 19.3. The Morgan fingerprint density at radius 1 is 1.43 bits per heavy atom. The molecule has 114 valence electrons. The van der Waals surface area contributed by atoms with Crippen LogP contribution in [0.3, 0.4) is 0 Å². The van der Waals surface area contributed by atoms with Crippen LogP contribution in [0.2, 0.25) is 0 Å². The highest BCUT2D eigenvalue weighted by Crippen LogP contribution is 2.16. The number of ether oxygens (including phenoxy) is 1. The molecule has 2 aromatic rings. The van der Waals surface area contributed by atoms with Crippen molar-refractivity contribution in [1.29, 1.82) is 0 Å². The first kappa shape index (κ1) is 15.0. The molecule has 0 aliphatic carbocycles. The third kappa shape index (κ3) is 4.32.